The maximum Gasteiger partial charge on any atom is 0.264 e. The Kier molecular flexibility index (Phi) is 5.57. The highest BCUT2D eigenvalue weighted by molar-refractivity contribution is 7.89. The molecule has 0 aliphatic carbocycles. The summed E-state index contributed by atoms with van der Waals surface area (Å²) >= 11 is 0. The molecule has 2 aliphatic rings. The second-order valence-electron chi connectivity index (χ2n) is 8.19. The predicted molar refractivity (Wildman–Crippen MR) is 120 cm³/mol. The molecule has 0 radical (unpaired) electrons. The second-order valence-corrected chi connectivity index (χ2v) is 12.0. The van der Waals surface area contributed by atoms with Crippen LogP contribution in [0.15, 0.2) is 82.2 Å². The minimum Gasteiger partial charge on any atom is -0.267 e. The van der Waals surface area contributed by atoms with Gasteiger partial charge in [-0.3, -0.25) is 4.31 Å². The zero-order chi connectivity index (χ0) is 22.4. The molecule has 1 fully saturated rings. The van der Waals surface area contributed by atoms with Crippen LogP contribution in [0.5, 0.6) is 0 Å². The van der Waals surface area contributed by atoms with Gasteiger partial charge in [0.1, 0.15) is 0 Å². The average molecular weight is 459 g/mol. The molecule has 0 spiro atoms. The maximum absolute atomic E-state index is 13.3. The Morgan fingerprint density at radius 1 is 0.774 bits per heavy atom. The first-order chi connectivity index (χ1) is 14.6. The Morgan fingerprint density at radius 3 is 1.84 bits per heavy atom. The largest absolute Gasteiger partial charge is 0.267 e. The van der Waals surface area contributed by atoms with Gasteiger partial charge >= 0.3 is 0 Å². The highest BCUT2D eigenvalue weighted by Crippen LogP contribution is 2.33. The number of hydrogen-bond acceptors (Lipinski definition) is 4. The molecule has 2 heterocycles. The molecule has 6 nitrogen and oxygen atoms in total. The van der Waals surface area contributed by atoms with Gasteiger partial charge in [0.15, 0.2) is 0 Å². The lowest BCUT2D eigenvalue weighted by molar-refractivity contribution is 0.460. The number of benzene rings is 2. The highest BCUT2D eigenvalue weighted by Gasteiger charge is 2.38. The van der Waals surface area contributed by atoms with Crippen molar-refractivity contribution in [1.82, 2.24) is 8.61 Å². The summed E-state index contributed by atoms with van der Waals surface area (Å²) in [5.74, 6) is -0.152. The minimum atomic E-state index is -3.76. The molecule has 8 heteroatoms. The third-order valence-electron chi connectivity index (χ3n) is 5.81. The zero-order valence-corrected chi connectivity index (χ0v) is 19.4. The maximum atomic E-state index is 13.3. The molecule has 2 aromatic rings. The lowest BCUT2D eigenvalue weighted by atomic mass is 10.0. The average Bonchev–Trinajstić information content (AvgIpc) is 3.07. The fourth-order valence-electron chi connectivity index (χ4n) is 3.87. The molecular formula is C23H26N2O4S2. The quantitative estimate of drug-likeness (QED) is 0.658. The summed E-state index contributed by atoms with van der Waals surface area (Å²) in [6, 6.07) is 13.1. The summed E-state index contributed by atoms with van der Waals surface area (Å²) in [6.45, 7) is 6.09. The van der Waals surface area contributed by atoms with Gasteiger partial charge in [-0.1, -0.05) is 47.5 Å². The van der Waals surface area contributed by atoms with Crippen LogP contribution in [0.25, 0.3) is 0 Å². The summed E-state index contributed by atoms with van der Waals surface area (Å²) in [5.41, 5.74) is 2.74. The molecule has 2 aromatic carbocycles. The molecule has 1 saturated heterocycles. The van der Waals surface area contributed by atoms with Crippen LogP contribution in [-0.2, 0) is 20.0 Å². The van der Waals surface area contributed by atoms with Gasteiger partial charge < -0.3 is 0 Å². The Balaban J connectivity index is 1.67. The van der Waals surface area contributed by atoms with E-state index in [2.05, 4.69) is 0 Å². The minimum absolute atomic E-state index is 0.152. The molecular weight excluding hydrogens is 432 g/mol. The number of fused-ring (bicyclic) bond motifs is 1. The SMILES string of the molecule is Cc1ccc(S(=O)(=O)N2CC3=CN(S(=O)(=O)c4ccc(C)cc4)[C@@H](C)C=C[C@H]3C2)cc1. The lowest BCUT2D eigenvalue weighted by Crippen LogP contribution is -2.33. The van der Waals surface area contributed by atoms with Crippen LogP contribution in [0.3, 0.4) is 0 Å². The molecule has 2 aliphatic heterocycles. The summed E-state index contributed by atoms with van der Waals surface area (Å²) in [7, 11) is -7.42. The van der Waals surface area contributed by atoms with Crippen molar-refractivity contribution >= 4 is 20.0 Å². The van der Waals surface area contributed by atoms with E-state index in [1.807, 2.05) is 32.9 Å². The van der Waals surface area contributed by atoms with Crippen molar-refractivity contribution in [1.29, 1.82) is 0 Å². The normalized spacial score (nSPS) is 22.2. The third kappa shape index (κ3) is 4.07. The topological polar surface area (TPSA) is 74.8 Å². The first kappa shape index (κ1) is 21.8. The Bertz CT molecular complexity index is 1250. The number of aryl methyl sites for hydroxylation is 2. The van der Waals surface area contributed by atoms with Crippen LogP contribution in [0.1, 0.15) is 18.1 Å². The van der Waals surface area contributed by atoms with Crippen LogP contribution < -0.4 is 0 Å². The number of rotatable bonds is 4. The first-order valence-corrected chi connectivity index (χ1v) is 13.0. The van der Waals surface area contributed by atoms with Crippen LogP contribution in [0.2, 0.25) is 0 Å². The van der Waals surface area contributed by atoms with Crippen molar-refractivity contribution in [2.45, 2.75) is 36.6 Å². The first-order valence-electron chi connectivity index (χ1n) is 10.1. The Hall–Kier alpha value is -2.42. The smallest absolute Gasteiger partial charge is 0.264 e. The standard InChI is InChI=1S/C23H26N2O4S2/c1-17-4-10-22(11-5-17)30(26,27)24-14-20-9-8-19(3)25(16-21(20)15-24)31(28,29)23-12-6-18(2)7-13-23/h4-13,16,19-20H,14-15H2,1-3H3/t19-,20-/m0/s1. The summed E-state index contributed by atoms with van der Waals surface area (Å²) < 4.78 is 55.6. The van der Waals surface area contributed by atoms with E-state index in [-0.39, 0.29) is 28.3 Å². The predicted octanol–water partition coefficient (Wildman–Crippen LogP) is 3.46. The number of hydrogen-bond donors (Lipinski definition) is 0. The van der Waals surface area contributed by atoms with Crippen molar-refractivity contribution in [3.05, 3.63) is 83.6 Å². The van der Waals surface area contributed by atoms with E-state index < -0.39 is 20.0 Å². The molecule has 4 rings (SSSR count). The summed E-state index contributed by atoms with van der Waals surface area (Å²) in [4.78, 5) is 0.465. The van der Waals surface area contributed by atoms with Gasteiger partial charge in [0.2, 0.25) is 10.0 Å². The van der Waals surface area contributed by atoms with Crippen LogP contribution in [-0.4, -0.2) is 44.6 Å². The van der Waals surface area contributed by atoms with Gasteiger partial charge in [0.05, 0.1) is 15.8 Å². The fraction of sp³-hybridized carbons (Fsp3) is 0.304. The number of nitrogens with zero attached hydrogens (tertiary/aromatic N) is 2. The molecule has 0 saturated carbocycles. The summed E-state index contributed by atoms with van der Waals surface area (Å²) in [6.07, 6.45) is 5.38. The third-order valence-corrected chi connectivity index (χ3v) is 9.49. The van der Waals surface area contributed by atoms with Crippen LogP contribution in [0.4, 0.5) is 0 Å². The van der Waals surface area contributed by atoms with Crippen molar-refractivity contribution in [3.63, 3.8) is 0 Å². The van der Waals surface area contributed by atoms with Gasteiger partial charge in [-0.2, -0.15) is 4.31 Å². The van der Waals surface area contributed by atoms with E-state index in [0.717, 1.165) is 16.7 Å². The van der Waals surface area contributed by atoms with Crippen molar-refractivity contribution in [3.8, 4) is 0 Å². The van der Waals surface area contributed by atoms with Crippen molar-refractivity contribution in [2.24, 2.45) is 5.92 Å². The van der Waals surface area contributed by atoms with E-state index >= 15 is 0 Å². The van der Waals surface area contributed by atoms with Crippen molar-refractivity contribution < 1.29 is 16.8 Å². The van der Waals surface area contributed by atoms with Crippen LogP contribution >= 0.6 is 0 Å². The van der Waals surface area contributed by atoms with Gasteiger partial charge in [-0.25, -0.2) is 16.8 Å². The molecule has 31 heavy (non-hydrogen) atoms. The van der Waals surface area contributed by atoms with E-state index in [1.165, 1.54) is 8.61 Å². The molecule has 0 aromatic heterocycles. The monoisotopic (exact) mass is 458 g/mol. The van der Waals surface area contributed by atoms with E-state index in [4.69, 9.17) is 0 Å². The van der Waals surface area contributed by atoms with E-state index in [9.17, 15) is 16.8 Å². The second kappa shape index (κ2) is 7.93. The molecule has 164 valence electrons. The van der Waals surface area contributed by atoms with E-state index in [1.54, 1.807) is 54.7 Å². The lowest BCUT2D eigenvalue weighted by Gasteiger charge is -2.25. The van der Waals surface area contributed by atoms with Gasteiger partial charge in [0, 0.05) is 25.2 Å². The fourth-order valence-corrected chi connectivity index (χ4v) is 6.83. The molecule has 0 bridgehead atoms. The van der Waals surface area contributed by atoms with Gasteiger partial charge in [-0.15, -0.1) is 0 Å². The van der Waals surface area contributed by atoms with Gasteiger partial charge in [-0.05, 0) is 50.6 Å². The Labute approximate surface area is 184 Å². The highest BCUT2D eigenvalue weighted by atomic mass is 32.2. The molecule has 0 unspecified atom stereocenters. The molecule has 0 N–H and O–H groups in total. The molecule has 0 amide bonds. The zero-order valence-electron chi connectivity index (χ0n) is 17.8. The van der Waals surface area contributed by atoms with Crippen LogP contribution in [0, 0.1) is 19.8 Å². The van der Waals surface area contributed by atoms with Gasteiger partial charge in [0.25, 0.3) is 10.0 Å². The summed E-state index contributed by atoms with van der Waals surface area (Å²) in [5, 5.41) is 0. The molecule has 2 atom stereocenters. The Morgan fingerprint density at radius 2 is 1.29 bits per heavy atom. The van der Waals surface area contributed by atoms with Crippen molar-refractivity contribution in [2.75, 3.05) is 13.1 Å². The number of sulfonamides is 2. The van der Waals surface area contributed by atoms with E-state index in [0.29, 0.717) is 6.54 Å².